The lowest BCUT2D eigenvalue weighted by Gasteiger charge is -2.07. The quantitative estimate of drug-likeness (QED) is 0.575. The van der Waals surface area contributed by atoms with Gasteiger partial charge in [-0.15, -0.1) is 6.42 Å². The third-order valence-corrected chi connectivity index (χ3v) is 1.78. The van der Waals surface area contributed by atoms with Crippen molar-refractivity contribution in [2.24, 2.45) is 0 Å². The number of nitrogens with two attached hydrogens (primary N) is 1. The summed E-state index contributed by atoms with van der Waals surface area (Å²) in [6.45, 7) is 0. The lowest BCUT2D eigenvalue weighted by atomic mass is 10.2. The topological polar surface area (TPSA) is 64.3 Å². The minimum absolute atomic E-state index is 0.0476. The molecular weight excluding hydrogens is 192 g/mol. The highest BCUT2D eigenvalue weighted by atomic mass is 16.5. The predicted molar refractivity (Wildman–Crippen MR) is 59.5 cm³/mol. The van der Waals surface area contributed by atoms with Crippen LogP contribution in [-0.2, 0) is 4.79 Å². The van der Waals surface area contributed by atoms with Gasteiger partial charge in [0.15, 0.2) is 0 Å². The van der Waals surface area contributed by atoms with Crippen LogP contribution in [-0.4, -0.2) is 13.0 Å². The van der Waals surface area contributed by atoms with E-state index in [1.54, 1.807) is 18.2 Å². The second-order valence-electron chi connectivity index (χ2n) is 2.89. The molecule has 0 saturated heterocycles. The van der Waals surface area contributed by atoms with E-state index in [-0.39, 0.29) is 12.3 Å². The van der Waals surface area contributed by atoms with Gasteiger partial charge in [0.25, 0.3) is 0 Å². The molecule has 0 fully saturated rings. The maximum absolute atomic E-state index is 11.2. The highest BCUT2D eigenvalue weighted by molar-refractivity contribution is 5.92. The molecule has 0 spiro atoms. The third kappa shape index (κ3) is 2.92. The number of methoxy groups -OCH3 is 1. The average molecular weight is 204 g/mol. The molecule has 1 aromatic rings. The monoisotopic (exact) mass is 204 g/mol. The van der Waals surface area contributed by atoms with Crippen LogP contribution in [0.25, 0.3) is 0 Å². The fourth-order valence-electron chi connectivity index (χ4n) is 1.11. The predicted octanol–water partition coefficient (Wildman–Crippen LogP) is 1.24. The minimum Gasteiger partial charge on any atom is -0.495 e. The van der Waals surface area contributed by atoms with E-state index in [2.05, 4.69) is 11.2 Å². The maximum Gasteiger partial charge on any atom is 0.236 e. The Morgan fingerprint density at radius 1 is 1.67 bits per heavy atom. The number of anilines is 2. The van der Waals surface area contributed by atoms with Gasteiger partial charge in [-0.05, 0) is 18.2 Å². The molecule has 0 aliphatic heterocycles. The Morgan fingerprint density at radius 2 is 2.40 bits per heavy atom. The highest BCUT2D eigenvalue weighted by Gasteiger charge is 2.03. The summed E-state index contributed by atoms with van der Waals surface area (Å²) < 4.78 is 4.98. The van der Waals surface area contributed by atoms with Crippen LogP contribution in [0.1, 0.15) is 6.42 Å². The molecule has 4 heteroatoms. The van der Waals surface area contributed by atoms with Crippen LogP contribution in [0.15, 0.2) is 18.2 Å². The van der Waals surface area contributed by atoms with Gasteiger partial charge in [0.2, 0.25) is 5.91 Å². The average Bonchev–Trinajstić information content (AvgIpc) is 2.18. The Labute approximate surface area is 88.4 Å². The number of hydrogen-bond donors (Lipinski definition) is 2. The van der Waals surface area contributed by atoms with Crippen molar-refractivity contribution >= 4 is 17.3 Å². The van der Waals surface area contributed by atoms with Crippen molar-refractivity contribution in [1.29, 1.82) is 0 Å². The third-order valence-electron chi connectivity index (χ3n) is 1.78. The number of nitrogens with one attached hydrogen (secondary N) is 1. The first-order valence-electron chi connectivity index (χ1n) is 4.34. The fourth-order valence-corrected chi connectivity index (χ4v) is 1.11. The van der Waals surface area contributed by atoms with Gasteiger partial charge >= 0.3 is 0 Å². The van der Waals surface area contributed by atoms with E-state index in [0.29, 0.717) is 17.1 Å². The van der Waals surface area contributed by atoms with Crippen LogP contribution >= 0.6 is 0 Å². The first-order chi connectivity index (χ1) is 7.17. The molecule has 0 aliphatic rings. The number of carbonyl (C=O) groups excluding carboxylic acids is 1. The normalized spacial score (nSPS) is 9.07. The molecular formula is C11H12N2O2. The number of nitrogen functional groups attached to an aromatic ring is 1. The summed E-state index contributed by atoms with van der Waals surface area (Å²) in [5, 5.41) is 2.62. The SMILES string of the molecule is C#CCC(=O)Nc1ccc(OC)c(N)c1. The van der Waals surface area contributed by atoms with Crippen LogP contribution in [0.3, 0.4) is 0 Å². The van der Waals surface area contributed by atoms with Crippen molar-refractivity contribution in [1.82, 2.24) is 0 Å². The smallest absolute Gasteiger partial charge is 0.236 e. The summed E-state index contributed by atoms with van der Waals surface area (Å²) in [6, 6.07) is 5.00. The Hall–Kier alpha value is -2.15. The van der Waals surface area contributed by atoms with Crippen molar-refractivity contribution < 1.29 is 9.53 Å². The fraction of sp³-hybridized carbons (Fsp3) is 0.182. The first kappa shape index (κ1) is 10.9. The summed E-state index contributed by atoms with van der Waals surface area (Å²) >= 11 is 0. The maximum atomic E-state index is 11.2. The van der Waals surface area contributed by atoms with E-state index in [9.17, 15) is 4.79 Å². The molecule has 0 aromatic heterocycles. The summed E-state index contributed by atoms with van der Waals surface area (Å²) in [4.78, 5) is 11.2. The molecule has 4 nitrogen and oxygen atoms in total. The Morgan fingerprint density at radius 3 is 2.93 bits per heavy atom. The van der Waals surface area contributed by atoms with E-state index in [4.69, 9.17) is 16.9 Å². The summed E-state index contributed by atoms with van der Waals surface area (Å²) in [5.41, 5.74) is 6.74. The second-order valence-corrected chi connectivity index (χ2v) is 2.89. The molecule has 0 saturated carbocycles. The Kier molecular flexibility index (Phi) is 3.58. The van der Waals surface area contributed by atoms with Gasteiger partial charge in [-0.25, -0.2) is 0 Å². The molecule has 0 aliphatic carbocycles. The molecule has 0 heterocycles. The zero-order valence-corrected chi connectivity index (χ0v) is 8.41. The summed E-state index contributed by atoms with van der Waals surface area (Å²) in [5.74, 6) is 2.60. The minimum atomic E-state index is -0.234. The van der Waals surface area contributed by atoms with Gasteiger partial charge in [-0.1, -0.05) is 5.92 Å². The van der Waals surface area contributed by atoms with E-state index in [0.717, 1.165) is 0 Å². The molecule has 1 rings (SSSR count). The number of carbonyl (C=O) groups is 1. The van der Waals surface area contributed by atoms with Gasteiger partial charge in [0.05, 0.1) is 19.2 Å². The molecule has 0 radical (unpaired) electrons. The molecule has 3 N–H and O–H groups in total. The number of rotatable bonds is 3. The van der Waals surface area contributed by atoms with E-state index in [1.165, 1.54) is 7.11 Å². The van der Waals surface area contributed by atoms with Crippen LogP contribution < -0.4 is 15.8 Å². The van der Waals surface area contributed by atoms with Crippen molar-refractivity contribution in [2.75, 3.05) is 18.2 Å². The van der Waals surface area contributed by atoms with Crippen molar-refractivity contribution in [2.45, 2.75) is 6.42 Å². The van der Waals surface area contributed by atoms with E-state index in [1.807, 2.05) is 0 Å². The second kappa shape index (κ2) is 4.91. The summed E-state index contributed by atoms with van der Waals surface area (Å²) in [7, 11) is 1.53. The molecule has 15 heavy (non-hydrogen) atoms. The Bertz CT molecular complexity index is 408. The molecule has 1 aromatic carbocycles. The molecule has 1 amide bonds. The van der Waals surface area contributed by atoms with Gasteiger partial charge in [0.1, 0.15) is 5.75 Å². The lowest BCUT2D eigenvalue weighted by molar-refractivity contribution is -0.115. The number of ether oxygens (including phenoxy) is 1. The zero-order valence-electron chi connectivity index (χ0n) is 8.41. The Balaban J connectivity index is 2.76. The van der Waals surface area contributed by atoms with Crippen molar-refractivity contribution in [3.05, 3.63) is 18.2 Å². The number of benzene rings is 1. The lowest BCUT2D eigenvalue weighted by Crippen LogP contribution is -2.10. The van der Waals surface area contributed by atoms with Crippen LogP contribution in [0.2, 0.25) is 0 Å². The zero-order chi connectivity index (χ0) is 11.3. The first-order valence-corrected chi connectivity index (χ1v) is 4.34. The van der Waals surface area contributed by atoms with Crippen molar-refractivity contribution in [3.8, 4) is 18.1 Å². The van der Waals surface area contributed by atoms with Crippen LogP contribution in [0.5, 0.6) is 5.75 Å². The standard InChI is InChI=1S/C11H12N2O2/c1-3-4-11(14)13-8-5-6-10(15-2)9(12)7-8/h1,5-7H,4,12H2,2H3,(H,13,14). The number of amides is 1. The van der Waals surface area contributed by atoms with Gasteiger partial charge < -0.3 is 15.8 Å². The molecule has 0 unspecified atom stereocenters. The highest BCUT2D eigenvalue weighted by Crippen LogP contribution is 2.24. The molecule has 78 valence electrons. The molecule has 0 atom stereocenters. The van der Waals surface area contributed by atoms with Crippen molar-refractivity contribution in [3.63, 3.8) is 0 Å². The summed E-state index contributed by atoms with van der Waals surface area (Å²) in [6.07, 6.45) is 5.05. The molecule has 0 bridgehead atoms. The van der Waals surface area contributed by atoms with Gasteiger partial charge in [-0.2, -0.15) is 0 Å². The van der Waals surface area contributed by atoms with Crippen LogP contribution in [0, 0.1) is 12.3 Å². The largest absolute Gasteiger partial charge is 0.495 e. The van der Waals surface area contributed by atoms with Gasteiger partial charge in [0, 0.05) is 5.69 Å². The van der Waals surface area contributed by atoms with E-state index < -0.39 is 0 Å². The number of terminal acetylenes is 1. The van der Waals surface area contributed by atoms with Crippen LogP contribution in [0.4, 0.5) is 11.4 Å². The van der Waals surface area contributed by atoms with E-state index >= 15 is 0 Å². The van der Waals surface area contributed by atoms with Gasteiger partial charge in [-0.3, -0.25) is 4.79 Å². The number of hydrogen-bond acceptors (Lipinski definition) is 3.